The summed E-state index contributed by atoms with van der Waals surface area (Å²) in [6, 6.07) is 12.5. The number of halogens is 7. The molecule has 0 atom stereocenters. The average molecular weight is 665 g/mol. The molecule has 39 heavy (non-hydrogen) atoms. The van der Waals surface area contributed by atoms with Gasteiger partial charge >= 0.3 is 18.4 Å². The quantitative estimate of drug-likeness (QED) is 0.187. The van der Waals surface area contributed by atoms with Gasteiger partial charge in [-0.25, -0.2) is 4.79 Å². The van der Waals surface area contributed by atoms with E-state index in [1.165, 1.54) is 7.11 Å². The monoisotopic (exact) mass is 665 g/mol. The summed E-state index contributed by atoms with van der Waals surface area (Å²) in [6.07, 6.45) is -10.9. The van der Waals surface area contributed by atoms with E-state index in [0.717, 1.165) is 26.7 Å². The van der Waals surface area contributed by atoms with Crippen LogP contribution < -0.4 is 4.74 Å². The maximum atomic E-state index is 13.4. The van der Waals surface area contributed by atoms with Crippen molar-refractivity contribution in [1.29, 1.82) is 0 Å². The van der Waals surface area contributed by atoms with Gasteiger partial charge in [0.15, 0.2) is 0 Å². The zero-order valence-electron chi connectivity index (χ0n) is 21.5. The smallest absolute Gasteiger partial charge is 0.416 e. The molecule has 0 fully saturated rings. The third-order valence-electron chi connectivity index (χ3n) is 6.06. The molecule has 210 valence electrons. The molecule has 0 aliphatic heterocycles. The minimum absolute atomic E-state index is 0.0532. The number of carbonyl (C=O) groups is 1. The van der Waals surface area contributed by atoms with Crippen molar-refractivity contribution >= 4 is 28.7 Å². The van der Waals surface area contributed by atoms with Crippen molar-refractivity contribution in [3.63, 3.8) is 0 Å². The van der Waals surface area contributed by atoms with Crippen molar-refractivity contribution in [2.45, 2.75) is 45.2 Å². The second-order valence-corrected chi connectivity index (χ2v) is 10.4. The van der Waals surface area contributed by atoms with Gasteiger partial charge in [-0.15, -0.1) is 0 Å². The lowest BCUT2D eigenvalue weighted by atomic mass is 9.93. The molecule has 0 heterocycles. The SMILES string of the molecule is COC(=O)N(Cc1cc(C(F)(F)F)cc(C(F)(F)F)c1)Cc1cc(I)ccc1-c1cc(C(C)C)ccc1OC. The molecule has 0 saturated heterocycles. The second kappa shape index (κ2) is 12.1. The molecule has 3 aromatic rings. The van der Waals surface area contributed by atoms with Crippen molar-refractivity contribution < 1.29 is 40.6 Å². The number of methoxy groups -OCH3 is 2. The summed E-state index contributed by atoms with van der Waals surface area (Å²) < 4.78 is 91.6. The number of ether oxygens (including phenoxy) is 2. The zero-order valence-corrected chi connectivity index (χ0v) is 23.7. The molecule has 0 aromatic heterocycles. The Morgan fingerprint density at radius 3 is 1.97 bits per heavy atom. The fourth-order valence-electron chi connectivity index (χ4n) is 4.10. The van der Waals surface area contributed by atoms with Crippen LogP contribution >= 0.6 is 22.6 Å². The van der Waals surface area contributed by atoms with Gasteiger partial charge in [0.05, 0.1) is 31.9 Å². The number of hydrogen-bond donors (Lipinski definition) is 0. The maximum absolute atomic E-state index is 13.4. The first-order valence-electron chi connectivity index (χ1n) is 11.7. The highest BCUT2D eigenvalue weighted by Gasteiger charge is 2.37. The lowest BCUT2D eigenvalue weighted by molar-refractivity contribution is -0.143. The number of benzene rings is 3. The van der Waals surface area contributed by atoms with E-state index in [9.17, 15) is 31.1 Å². The highest BCUT2D eigenvalue weighted by Crippen LogP contribution is 2.38. The molecule has 0 unspecified atom stereocenters. The minimum atomic E-state index is -5.01. The lowest BCUT2D eigenvalue weighted by Gasteiger charge is -2.25. The molecule has 11 heteroatoms. The number of rotatable bonds is 7. The normalized spacial score (nSPS) is 12.0. The first-order valence-corrected chi connectivity index (χ1v) is 12.8. The third kappa shape index (κ3) is 7.58. The third-order valence-corrected chi connectivity index (χ3v) is 6.73. The van der Waals surface area contributed by atoms with Crippen LogP contribution in [0.4, 0.5) is 31.1 Å². The van der Waals surface area contributed by atoms with Crippen LogP contribution in [-0.4, -0.2) is 25.2 Å². The highest BCUT2D eigenvalue weighted by atomic mass is 127. The predicted octanol–water partition coefficient (Wildman–Crippen LogP) is 8.90. The molecule has 0 spiro atoms. The summed E-state index contributed by atoms with van der Waals surface area (Å²) in [7, 11) is 2.61. The van der Waals surface area contributed by atoms with Gasteiger partial charge in [-0.3, -0.25) is 4.90 Å². The first-order chi connectivity index (χ1) is 18.1. The Bertz CT molecular complexity index is 1310. The second-order valence-electron chi connectivity index (χ2n) is 9.16. The van der Waals surface area contributed by atoms with Gasteiger partial charge in [0.2, 0.25) is 0 Å². The number of amides is 1. The van der Waals surface area contributed by atoms with Crippen LogP contribution in [0.1, 0.15) is 47.6 Å². The summed E-state index contributed by atoms with van der Waals surface area (Å²) in [5.74, 6) is 0.774. The fraction of sp³-hybridized carbons (Fsp3) is 0.321. The van der Waals surface area contributed by atoms with Gasteiger partial charge < -0.3 is 9.47 Å². The molecule has 0 bridgehead atoms. The fourth-order valence-corrected chi connectivity index (χ4v) is 4.66. The van der Waals surface area contributed by atoms with Crippen LogP contribution in [0.3, 0.4) is 0 Å². The molecule has 0 aliphatic carbocycles. The van der Waals surface area contributed by atoms with Crippen molar-refractivity contribution in [2.24, 2.45) is 0 Å². The summed E-state index contributed by atoms with van der Waals surface area (Å²) >= 11 is 2.08. The van der Waals surface area contributed by atoms with Crippen LogP contribution in [0, 0.1) is 3.57 Å². The molecule has 0 saturated carbocycles. The Balaban J connectivity index is 2.11. The highest BCUT2D eigenvalue weighted by molar-refractivity contribution is 14.1. The van der Waals surface area contributed by atoms with Crippen molar-refractivity contribution in [3.8, 4) is 16.9 Å². The Labute approximate surface area is 236 Å². The van der Waals surface area contributed by atoms with Gasteiger partial charge in [-0.2, -0.15) is 26.3 Å². The van der Waals surface area contributed by atoms with Crippen LogP contribution in [0.15, 0.2) is 54.6 Å². The Kier molecular flexibility index (Phi) is 9.45. The van der Waals surface area contributed by atoms with Gasteiger partial charge in [-0.05, 0) is 93.2 Å². The van der Waals surface area contributed by atoms with Gasteiger partial charge in [0.25, 0.3) is 0 Å². The van der Waals surface area contributed by atoms with Crippen LogP contribution in [0.5, 0.6) is 5.75 Å². The minimum Gasteiger partial charge on any atom is -0.496 e. The number of nitrogens with zero attached hydrogens (tertiary/aromatic N) is 1. The van der Waals surface area contributed by atoms with E-state index < -0.39 is 36.1 Å². The number of alkyl halides is 6. The standard InChI is InChI=1S/C28H26F6INO3/c1-16(2)18-5-8-25(38-3)24(12-18)23-7-6-22(35)11-19(23)15-36(26(37)39-4)14-17-9-20(27(29,30)31)13-21(10-17)28(32,33)34/h5-13,16H,14-15H2,1-4H3. The molecule has 0 aliphatic rings. The van der Waals surface area contributed by atoms with E-state index >= 15 is 0 Å². The molecule has 0 N–H and O–H groups in total. The summed E-state index contributed by atoms with van der Waals surface area (Å²) in [5, 5.41) is 0. The summed E-state index contributed by atoms with van der Waals surface area (Å²) in [4.78, 5) is 13.8. The van der Waals surface area contributed by atoms with Gasteiger partial charge in [-0.1, -0.05) is 26.0 Å². The van der Waals surface area contributed by atoms with Crippen molar-refractivity contribution in [1.82, 2.24) is 4.90 Å². The molecule has 1 amide bonds. The van der Waals surface area contributed by atoms with E-state index in [1.54, 1.807) is 6.07 Å². The number of hydrogen-bond acceptors (Lipinski definition) is 3. The summed E-state index contributed by atoms with van der Waals surface area (Å²) in [6.45, 7) is 3.37. The molecule has 0 radical (unpaired) electrons. The van der Waals surface area contributed by atoms with Gasteiger partial charge in [0, 0.05) is 15.7 Å². The maximum Gasteiger partial charge on any atom is 0.416 e. The van der Waals surface area contributed by atoms with E-state index in [2.05, 4.69) is 22.6 Å². The molecular weight excluding hydrogens is 639 g/mol. The predicted molar refractivity (Wildman–Crippen MR) is 143 cm³/mol. The molecular formula is C28H26F6INO3. The Hall–Kier alpha value is -2.96. The van der Waals surface area contributed by atoms with E-state index in [-0.39, 0.29) is 24.1 Å². The molecule has 3 rings (SSSR count). The zero-order chi connectivity index (χ0) is 29.1. The Morgan fingerprint density at radius 2 is 1.46 bits per heavy atom. The molecule has 4 nitrogen and oxygen atoms in total. The van der Waals surface area contributed by atoms with Crippen LogP contribution in [-0.2, 0) is 30.2 Å². The number of carbonyl (C=O) groups excluding carboxylic acids is 1. The van der Waals surface area contributed by atoms with Crippen LogP contribution in [0.25, 0.3) is 11.1 Å². The van der Waals surface area contributed by atoms with Crippen LogP contribution in [0.2, 0.25) is 0 Å². The largest absolute Gasteiger partial charge is 0.496 e. The van der Waals surface area contributed by atoms with E-state index in [0.29, 0.717) is 29.0 Å². The first kappa shape index (κ1) is 30.6. The van der Waals surface area contributed by atoms with Gasteiger partial charge in [0.1, 0.15) is 5.75 Å². The molecule has 3 aromatic carbocycles. The van der Waals surface area contributed by atoms with Crippen molar-refractivity contribution in [2.75, 3.05) is 14.2 Å². The lowest BCUT2D eigenvalue weighted by Crippen LogP contribution is -2.30. The summed E-state index contributed by atoms with van der Waals surface area (Å²) in [5.41, 5.74) is -0.181. The Morgan fingerprint density at radius 1 is 0.846 bits per heavy atom. The van der Waals surface area contributed by atoms with E-state index in [4.69, 9.17) is 9.47 Å². The topological polar surface area (TPSA) is 38.8 Å². The van der Waals surface area contributed by atoms with E-state index in [1.807, 2.05) is 44.2 Å². The average Bonchev–Trinajstić information content (AvgIpc) is 2.86. The van der Waals surface area contributed by atoms with Crippen molar-refractivity contribution in [3.05, 3.63) is 86.0 Å².